The molecule has 0 saturated carbocycles. The van der Waals surface area contributed by atoms with Crippen LogP contribution >= 0.6 is 11.6 Å². The van der Waals surface area contributed by atoms with E-state index in [0.717, 1.165) is 5.69 Å². The Bertz CT molecular complexity index is 403. The molecule has 0 aliphatic heterocycles. The first-order valence-electron chi connectivity index (χ1n) is 3.95. The molecule has 72 valence electrons. The molecule has 0 saturated heterocycles. The zero-order valence-corrected chi connectivity index (χ0v) is 7.90. The third-order valence-corrected chi connectivity index (χ3v) is 1.87. The highest BCUT2D eigenvalue weighted by molar-refractivity contribution is 6.32. The summed E-state index contributed by atoms with van der Waals surface area (Å²) in [6, 6.07) is 1.77. The van der Waals surface area contributed by atoms with Crippen LogP contribution in [-0.4, -0.2) is 15.1 Å². The van der Waals surface area contributed by atoms with Crippen molar-refractivity contribution < 1.29 is 4.52 Å². The second kappa shape index (κ2) is 4.06. The predicted octanol–water partition coefficient (Wildman–Crippen LogP) is 1.73. The Labute approximate surface area is 85.1 Å². The van der Waals surface area contributed by atoms with Crippen LogP contribution in [0.3, 0.4) is 0 Å². The van der Waals surface area contributed by atoms with Gasteiger partial charge in [-0.15, -0.1) is 0 Å². The number of hydrogen-bond donors (Lipinski definition) is 1. The predicted molar refractivity (Wildman–Crippen MR) is 50.9 cm³/mol. The van der Waals surface area contributed by atoms with Gasteiger partial charge in [0.05, 0.1) is 12.7 Å². The van der Waals surface area contributed by atoms with Crippen molar-refractivity contribution in [3.05, 3.63) is 35.6 Å². The molecule has 0 aliphatic rings. The van der Waals surface area contributed by atoms with Crippen molar-refractivity contribution in [2.75, 3.05) is 5.32 Å². The van der Waals surface area contributed by atoms with E-state index in [2.05, 4.69) is 25.0 Å². The Morgan fingerprint density at radius 3 is 3.14 bits per heavy atom. The molecule has 0 aliphatic carbocycles. The number of halogens is 1. The van der Waals surface area contributed by atoms with Crippen LogP contribution in [0.25, 0.3) is 0 Å². The van der Waals surface area contributed by atoms with E-state index in [1.807, 2.05) is 0 Å². The summed E-state index contributed by atoms with van der Waals surface area (Å²) in [7, 11) is 0. The minimum atomic E-state index is 0.482. The summed E-state index contributed by atoms with van der Waals surface area (Å²) >= 11 is 5.83. The van der Waals surface area contributed by atoms with Gasteiger partial charge in [-0.25, -0.2) is 9.97 Å². The van der Waals surface area contributed by atoms with Crippen LogP contribution in [0.15, 0.2) is 29.4 Å². The Hall–Kier alpha value is -1.62. The summed E-state index contributed by atoms with van der Waals surface area (Å²) in [6.07, 6.45) is 4.47. The van der Waals surface area contributed by atoms with Crippen molar-refractivity contribution in [1.82, 2.24) is 15.1 Å². The lowest BCUT2D eigenvalue weighted by Gasteiger charge is -2.03. The van der Waals surface area contributed by atoms with E-state index in [9.17, 15) is 0 Å². The Kier molecular flexibility index (Phi) is 2.60. The molecule has 6 heteroatoms. The fourth-order valence-electron chi connectivity index (χ4n) is 0.946. The van der Waals surface area contributed by atoms with Crippen LogP contribution in [0, 0.1) is 0 Å². The molecular formula is C8H7ClN4O. The highest BCUT2D eigenvalue weighted by atomic mass is 35.5. The topological polar surface area (TPSA) is 63.8 Å². The SMILES string of the molecule is Clc1cncnc1NCc1ccon1. The first-order valence-corrected chi connectivity index (χ1v) is 4.32. The Balaban J connectivity index is 2.02. The van der Waals surface area contributed by atoms with E-state index in [1.165, 1.54) is 18.8 Å². The molecule has 0 unspecified atom stereocenters. The Morgan fingerprint density at radius 1 is 1.50 bits per heavy atom. The number of hydrogen-bond acceptors (Lipinski definition) is 5. The molecule has 1 N–H and O–H groups in total. The molecule has 2 aromatic heterocycles. The minimum absolute atomic E-state index is 0.482. The van der Waals surface area contributed by atoms with Gasteiger partial charge in [0.2, 0.25) is 0 Å². The van der Waals surface area contributed by atoms with Gasteiger partial charge in [-0.3, -0.25) is 0 Å². The van der Waals surface area contributed by atoms with Crippen molar-refractivity contribution in [3.8, 4) is 0 Å². The highest BCUT2D eigenvalue weighted by Gasteiger charge is 2.01. The molecule has 0 bridgehead atoms. The van der Waals surface area contributed by atoms with Crippen LogP contribution in [0.5, 0.6) is 0 Å². The molecule has 0 aromatic carbocycles. The van der Waals surface area contributed by atoms with Gasteiger partial charge in [0.25, 0.3) is 0 Å². The van der Waals surface area contributed by atoms with E-state index in [1.54, 1.807) is 6.07 Å². The number of anilines is 1. The van der Waals surface area contributed by atoms with Gasteiger partial charge < -0.3 is 9.84 Å². The summed E-state index contributed by atoms with van der Waals surface area (Å²) in [5.74, 6) is 0.588. The monoisotopic (exact) mass is 210 g/mol. The lowest BCUT2D eigenvalue weighted by Crippen LogP contribution is -2.02. The first kappa shape index (κ1) is 8.96. The van der Waals surface area contributed by atoms with Crippen LogP contribution in [0.1, 0.15) is 5.69 Å². The van der Waals surface area contributed by atoms with E-state index >= 15 is 0 Å². The zero-order valence-electron chi connectivity index (χ0n) is 7.14. The maximum atomic E-state index is 5.83. The average Bonchev–Trinajstić information content (AvgIpc) is 2.69. The van der Waals surface area contributed by atoms with Gasteiger partial charge >= 0.3 is 0 Å². The normalized spacial score (nSPS) is 10.1. The number of nitrogens with zero attached hydrogens (tertiary/aromatic N) is 3. The molecule has 0 radical (unpaired) electrons. The lowest BCUT2D eigenvalue weighted by molar-refractivity contribution is 0.412. The molecule has 0 atom stereocenters. The number of aromatic nitrogens is 3. The van der Waals surface area contributed by atoms with E-state index in [4.69, 9.17) is 11.6 Å². The van der Waals surface area contributed by atoms with Crippen LogP contribution < -0.4 is 5.32 Å². The van der Waals surface area contributed by atoms with E-state index in [-0.39, 0.29) is 0 Å². The molecular weight excluding hydrogens is 204 g/mol. The van der Waals surface area contributed by atoms with Crippen molar-refractivity contribution in [3.63, 3.8) is 0 Å². The third kappa shape index (κ3) is 2.00. The van der Waals surface area contributed by atoms with Gasteiger partial charge in [0.1, 0.15) is 29.1 Å². The highest BCUT2D eigenvalue weighted by Crippen LogP contribution is 2.16. The summed E-state index contributed by atoms with van der Waals surface area (Å²) in [6.45, 7) is 0.521. The minimum Gasteiger partial charge on any atom is -0.364 e. The molecule has 2 rings (SSSR count). The summed E-state index contributed by atoms with van der Waals surface area (Å²) in [5.41, 5.74) is 0.791. The van der Waals surface area contributed by atoms with Gasteiger partial charge in [-0.2, -0.15) is 0 Å². The second-order valence-electron chi connectivity index (χ2n) is 2.56. The maximum Gasteiger partial charge on any atom is 0.148 e. The number of rotatable bonds is 3. The summed E-state index contributed by atoms with van der Waals surface area (Å²) in [5, 5.41) is 7.23. The fourth-order valence-corrected chi connectivity index (χ4v) is 1.12. The van der Waals surface area contributed by atoms with E-state index in [0.29, 0.717) is 17.4 Å². The van der Waals surface area contributed by atoms with E-state index < -0.39 is 0 Å². The van der Waals surface area contributed by atoms with Gasteiger partial charge in [-0.05, 0) is 0 Å². The van der Waals surface area contributed by atoms with Crippen LogP contribution in [0.4, 0.5) is 5.82 Å². The molecule has 5 nitrogen and oxygen atoms in total. The molecule has 0 spiro atoms. The van der Waals surface area contributed by atoms with Crippen LogP contribution in [-0.2, 0) is 6.54 Å². The molecule has 14 heavy (non-hydrogen) atoms. The quantitative estimate of drug-likeness (QED) is 0.836. The van der Waals surface area contributed by atoms with Gasteiger partial charge in [0, 0.05) is 6.07 Å². The first-order chi connectivity index (χ1) is 6.86. The molecule has 0 amide bonds. The van der Waals surface area contributed by atoms with Gasteiger partial charge in [0.15, 0.2) is 0 Å². The van der Waals surface area contributed by atoms with Crippen molar-refractivity contribution >= 4 is 17.4 Å². The second-order valence-corrected chi connectivity index (χ2v) is 2.97. The smallest absolute Gasteiger partial charge is 0.148 e. The zero-order chi connectivity index (χ0) is 9.80. The third-order valence-electron chi connectivity index (χ3n) is 1.60. The lowest BCUT2D eigenvalue weighted by atomic mass is 10.4. The molecule has 2 aromatic rings. The van der Waals surface area contributed by atoms with Crippen molar-refractivity contribution in [2.24, 2.45) is 0 Å². The Morgan fingerprint density at radius 2 is 2.43 bits per heavy atom. The average molecular weight is 211 g/mol. The van der Waals surface area contributed by atoms with Crippen LogP contribution in [0.2, 0.25) is 5.02 Å². The fraction of sp³-hybridized carbons (Fsp3) is 0.125. The number of nitrogens with one attached hydrogen (secondary N) is 1. The molecule has 2 heterocycles. The largest absolute Gasteiger partial charge is 0.364 e. The van der Waals surface area contributed by atoms with Crippen molar-refractivity contribution in [1.29, 1.82) is 0 Å². The standard InChI is InChI=1S/C8H7ClN4O/c9-7-4-10-5-12-8(7)11-3-6-1-2-14-13-6/h1-2,4-5H,3H2,(H,10,11,12). The maximum absolute atomic E-state index is 5.83. The molecule has 0 fully saturated rings. The summed E-state index contributed by atoms with van der Waals surface area (Å²) in [4.78, 5) is 7.74. The van der Waals surface area contributed by atoms with Gasteiger partial charge in [-0.1, -0.05) is 16.8 Å². The summed E-state index contributed by atoms with van der Waals surface area (Å²) < 4.78 is 4.68. The van der Waals surface area contributed by atoms with Crippen molar-refractivity contribution in [2.45, 2.75) is 6.54 Å².